The molecule has 0 bridgehead atoms. The zero-order valence-electron chi connectivity index (χ0n) is 18.8. The lowest BCUT2D eigenvalue weighted by Crippen LogP contribution is -2.49. The van der Waals surface area contributed by atoms with E-state index in [2.05, 4.69) is 21.3 Å². The van der Waals surface area contributed by atoms with E-state index in [4.69, 9.17) is 5.11 Å². The van der Waals surface area contributed by atoms with Crippen molar-refractivity contribution < 1.29 is 39.0 Å². The molecule has 6 N–H and O–H groups in total. The third-order valence-corrected chi connectivity index (χ3v) is 4.77. The number of rotatable bonds is 16. The maximum absolute atomic E-state index is 12.1. The number of hydrogen-bond donors (Lipinski definition) is 6. The van der Waals surface area contributed by atoms with Crippen LogP contribution >= 0.6 is 0 Å². The van der Waals surface area contributed by atoms with Gasteiger partial charge < -0.3 is 31.5 Å². The summed E-state index contributed by atoms with van der Waals surface area (Å²) in [5.41, 5.74) is 1.49. The summed E-state index contributed by atoms with van der Waals surface area (Å²) >= 11 is 0. The number of benzene rings is 1. The molecular weight excluding hydrogens is 448 g/mol. The Morgan fingerprint density at radius 1 is 1.00 bits per heavy atom. The summed E-state index contributed by atoms with van der Waals surface area (Å²) in [5, 5.41) is 27.5. The Labute approximate surface area is 196 Å². The number of unbranched alkanes of at least 4 members (excludes halogenated alkanes) is 1. The van der Waals surface area contributed by atoms with Gasteiger partial charge in [-0.3, -0.25) is 24.0 Å². The second-order valence-electron chi connectivity index (χ2n) is 7.57. The number of carboxylic acids is 2. The summed E-state index contributed by atoms with van der Waals surface area (Å²) in [6.07, 6.45) is 0.741. The van der Waals surface area contributed by atoms with Crippen molar-refractivity contribution in [3.8, 4) is 0 Å². The summed E-state index contributed by atoms with van der Waals surface area (Å²) in [4.78, 5) is 68.8. The molecule has 0 saturated carbocycles. The van der Waals surface area contributed by atoms with Gasteiger partial charge in [0.1, 0.15) is 12.1 Å². The molecule has 0 fully saturated rings. The van der Waals surface area contributed by atoms with E-state index in [1.54, 1.807) is 18.2 Å². The zero-order valence-corrected chi connectivity index (χ0v) is 18.8. The fourth-order valence-electron chi connectivity index (χ4n) is 3.00. The van der Waals surface area contributed by atoms with Gasteiger partial charge in [-0.15, -0.1) is 0 Å². The topological polar surface area (TPSA) is 191 Å². The van der Waals surface area contributed by atoms with Crippen molar-refractivity contribution in [1.29, 1.82) is 0 Å². The highest BCUT2D eigenvalue weighted by Crippen LogP contribution is 2.05. The summed E-state index contributed by atoms with van der Waals surface area (Å²) in [5.74, 6) is -4.14. The maximum atomic E-state index is 12.1. The average Bonchev–Trinajstić information content (AvgIpc) is 2.78. The first-order chi connectivity index (χ1) is 16.1. The molecule has 12 nitrogen and oxygen atoms in total. The van der Waals surface area contributed by atoms with Crippen LogP contribution in [0.4, 0.5) is 0 Å². The Kier molecular flexibility index (Phi) is 12.4. The van der Waals surface area contributed by atoms with Crippen LogP contribution in [0.3, 0.4) is 0 Å². The van der Waals surface area contributed by atoms with E-state index in [-0.39, 0.29) is 31.6 Å². The molecule has 1 unspecified atom stereocenters. The molecule has 4 amide bonds. The molecule has 1 rings (SSSR count). The summed E-state index contributed by atoms with van der Waals surface area (Å²) in [6.45, 7) is 1.67. The van der Waals surface area contributed by atoms with E-state index >= 15 is 0 Å². The number of nitrogens with one attached hydrogen (secondary N) is 4. The third-order valence-electron chi connectivity index (χ3n) is 4.77. The first-order valence-corrected chi connectivity index (χ1v) is 10.7. The minimum Gasteiger partial charge on any atom is -0.481 e. The fourth-order valence-corrected chi connectivity index (χ4v) is 3.00. The number of aryl methyl sites for hydroxylation is 1. The number of hydrogen-bond acceptors (Lipinski definition) is 6. The van der Waals surface area contributed by atoms with Gasteiger partial charge in [0.25, 0.3) is 5.91 Å². The third kappa shape index (κ3) is 11.1. The van der Waals surface area contributed by atoms with Crippen LogP contribution in [0, 0.1) is 6.92 Å². The van der Waals surface area contributed by atoms with Crippen molar-refractivity contribution in [3.63, 3.8) is 0 Å². The van der Waals surface area contributed by atoms with Crippen LogP contribution in [-0.2, 0) is 24.0 Å². The van der Waals surface area contributed by atoms with Crippen molar-refractivity contribution >= 4 is 36.1 Å². The smallest absolute Gasteiger partial charge is 0.326 e. The van der Waals surface area contributed by atoms with Gasteiger partial charge in [-0.05, 0) is 44.7 Å². The first-order valence-electron chi connectivity index (χ1n) is 10.7. The lowest BCUT2D eigenvalue weighted by molar-refractivity contribution is -0.142. The summed E-state index contributed by atoms with van der Waals surface area (Å²) in [6, 6.07) is 4.79. The molecule has 0 aliphatic heterocycles. The number of carbonyl (C=O) groups excluding carboxylic acids is 4. The van der Waals surface area contributed by atoms with Crippen LogP contribution in [0.15, 0.2) is 24.3 Å². The zero-order chi connectivity index (χ0) is 25.5. The van der Waals surface area contributed by atoms with Gasteiger partial charge >= 0.3 is 11.9 Å². The SMILES string of the molecule is Cc1cccc(C(=O)NCCCCC(NC(=O)CNC(=O)[C@@H](CCC(=O)O)NC=O)C(=O)O)c1. The lowest BCUT2D eigenvalue weighted by Gasteiger charge is -2.17. The van der Waals surface area contributed by atoms with Crippen LogP contribution in [0.2, 0.25) is 0 Å². The van der Waals surface area contributed by atoms with E-state index in [9.17, 15) is 33.9 Å². The molecule has 0 radical (unpaired) electrons. The molecule has 0 aliphatic carbocycles. The highest BCUT2D eigenvalue weighted by molar-refractivity contribution is 5.94. The van der Waals surface area contributed by atoms with Gasteiger partial charge in [-0.25, -0.2) is 4.79 Å². The summed E-state index contributed by atoms with van der Waals surface area (Å²) in [7, 11) is 0. The largest absolute Gasteiger partial charge is 0.481 e. The molecule has 12 heteroatoms. The van der Waals surface area contributed by atoms with Crippen molar-refractivity contribution in [2.45, 2.75) is 51.1 Å². The van der Waals surface area contributed by atoms with E-state index < -0.39 is 42.4 Å². The molecule has 1 aromatic rings. The molecule has 0 aromatic heterocycles. The van der Waals surface area contributed by atoms with Gasteiger partial charge in [0.2, 0.25) is 18.2 Å². The molecular formula is C22H30N4O8. The van der Waals surface area contributed by atoms with Gasteiger partial charge in [-0.2, -0.15) is 0 Å². The number of aliphatic carboxylic acids is 2. The second kappa shape index (κ2) is 15.0. The summed E-state index contributed by atoms with van der Waals surface area (Å²) < 4.78 is 0. The fraction of sp³-hybridized carbons (Fsp3) is 0.455. The minimum atomic E-state index is -1.24. The molecule has 34 heavy (non-hydrogen) atoms. The van der Waals surface area contributed by atoms with Crippen LogP contribution in [-0.4, -0.2) is 71.5 Å². The Morgan fingerprint density at radius 3 is 2.35 bits per heavy atom. The van der Waals surface area contributed by atoms with E-state index in [1.807, 2.05) is 13.0 Å². The predicted molar refractivity (Wildman–Crippen MR) is 120 cm³/mol. The Hall–Kier alpha value is -3.96. The van der Waals surface area contributed by atoms with Crippen molar-refractivity contribution in [1.82, 2.24) is 21.3 Å². The minimum absolute atomic E-state index is 0.114. The van der Waals surface area contributed by atoms with Crippen LogP contribution < -0.4 is 21.3 Å². The quantitative estimate of drug-likeness (QED) is 0.136. The number of carboxylic acid groups (broad SMARTS) is 2. The Morgan fingerprint density at radius 2 is 1.74 bits per heavy atom. The van der Waals surface area contributed by atoms with E-state index in [0.717, 1.165) is 5.56 Å². The van der Waals surface area contributed by atoms with Crippen LogP contribution in [0.25, 0.3) is 0 Å². The molecule has 0 heterocycles. The van der Waals surface area contributed by atoms with Crippen molar-refractivity contribution in [2.24, 2.45) is 0 Å². The molecule has 186 valence electrons. The van der Waals surface area contributed by atoms with Gasteiger partial charge in [-0.1, -0.05) is 17.7 Å². The van der Waals surface area contributed by atoms with Gasteiger partial charge in [0.15, 0.2) is 0 Å². The molecule has 1 aromatic carbocycles. The predicted octanol–water partition coefficient (Wildman–Crippen LogP) is -0.440. The molecule has 0 aliphatic rings. The second-order valence-corrected chi connectivity index (χ2v) is 7.57. The van der Waals surface area contributed by atoms with E-state index in [0.29, 0.717) is 24.9 Å². The normalized spacial score (nSPS) is 12.0. The van der Waals surface area contributed by atoms with Crippen LogP contribution in [0.1, 0.15) is 48.0 Å². The van der Waals surface area contributed by atoms with Crippen molar-refractivity contribution in [3.05, 3.63) is 35.4 Å². The average molecular weight is 479 g/mol. The Balaban J connectivity index is 2.39. The number of amides is 4. The lowest BCUT2D eigenvalue weighted by atomic mass is 10.1. The van der Waals surface area contributed by atoms with Crippen molar-refractivity contribution in [2.75, 3.05) is 13.1 Å². The molecule has 2 atom stereocenters. The molecule has 0 spiro atoms. The number of carbonyl (C=O) groups is 6. The maximum Gasteiger partial charge on any atom is 0.326 e. The highest BCUT2D eigenvalue weighted by Gasteiger charge is 2.22. The molecule has 0 saturated heterocycles. The van der Waals surface area contributed by atoms with E-state index in [1.165, 1.54) is 0 Å². The standard InChI is InChI=1S/C22H30N4O8/c1-14-5-4-6-15(11-14)20(31)23-10-3-2-7-17(22(33)34)26-18(28)12-24-21(32)16(25-13-27)8-9-19(29)30/h4-6,11,13,16-17H,2-3,7-10,12H2,1H3,(H,23,31)(H,24,32)(H,25,27)(H,26,28)(H,29,30)(H,33,34)/t16-,17?/m1/s1. The van der Waals surface area contributed by atoms with Gasteiger partial charge in [0.05, 0.1) is 6.54 Å². The highest BCUT2D eigenvalue weighted by atomic mass is 16.4. The van der Waals surface area contributed by atoms with Gasteiger partial charge in [0, 0.05) is 18.5 Å². The van der Waals surface area contributed by atoms with Crippen LogP contribution in [0.5, 0.6) is 0 Å². The Bertz CT molecular complexity index is 889. The monoisotopic (exact) mass is 478 g/mol. The first kappa shape index (κ1) is 28.1.